The quantitative estimate of drug-likeness (QED) is 0.845. The lowest BCUT2D eigenvalue weighted by atomic mass is 10.4. The number of imidazole rings is 1. The minimum atomic E-state index is 0.576. The molecule has 0 radical (unpaired) electrons. The Morgan fingerprint density at radius 3 is 3.00 bits per heavy atom. The Kier molecular flexibility index (Phi) is 1.89. The Morgan fingerprint density at radius 1 is 1.47 bits per heavy atom. The predicted octanol–water partition coefficient (Wildman–Crippen LogP) is 2.87. The van der Waals surface area contributed by atoms with Gasteiger partial charge < -0.3 is 5.32 Å². The van der Waals surface area contributed by atoms with E-state index in [4.69, 9.17) is 11.6 Å². The summed E-state index contributed by atoms with van der Waals surface area (Å²) in [6.07, 6.45) is 2.52. The molecule has 3 rings (SSSR count). The van der Waals surface area contributed by atoms with Gasteiger partial charge in [0.15, 0.2) is 5.15 Å². The van der Waals surface area contributed by atoms with Crippen molar-refractivity contribution in [3.63, 3.8) is 0 Å². The zero-order valence-corrected chi connectivity index (χ0v) is 9.25. The Morgan fingerprint density at radius 2 is 2.27 bits per heavy atom. The molecule has 78 valence electrons. The van der Waals surface area contributed by atoms with Crippen molar-refractivity contribution in [2.75, 3.05) is 5.32 Å². The van der Waals surface area contributed by atoms with E-state index in [1.807, 2.05) is 19.1 Å². The van der Waals surface area contributed by atoms with Crippen LogP contribution in [-0.2, 0) is 0 Å². The second-order valence-electron chi connectivity index (χ2n) is 4.00. The first-order chi connectivity index (χ1) is 7.25. The fourth-order valence-corrected chi connectivity index (χ4v) is 2.09. The highest BCUT2D eigenvalue weighted by atomic mass is 35.5. The summed E-state index contributed by atoms with van der Waals surface area (Å²) in [5, 5.41) is 4.05. The minimum absolute atomic E-state index is 0.576. The zero-order valence-electron chi connectivity index (χ0n) is 8.50. The van der Waals surface area contributed by atoms with Crippen LogP contribution in [0.2, 0.25) is 5.15 Å². The van der Waals surface area contributed by atoms with Gasteiger partial charge in [-0.1, -0.05) is 17.7 Å². The lowest BCUT2D eigenvalue weighted by Gasteiger charge is -2.08. The fraction of sp³-hybridized carbons (Fsp3) is 0.364. The van der Waals surface area contributed by atoms with Crippen LogP contribution in [0.25, 0.3) is 5.52 Å². The topological polar surface area (TPSA) is 29.3 Å². The van der Waals surface area contributed by atoms with Gasteiger partial charge in [0.1, 0.15) is 11.6 Å². The van der Waals surface area contributed by atoms with Crippen molar-refractivity contribution in [1.29, 1.82) is 0 Å². The van der Waals surface area contributed by atoms with E-state index in [0.29, 0.717) is 11.2 Å². The van der Waals surface area contributed by atoms with Gasteiger partial charge in [-0.3, -0.25) is 4.40 Å². The third-order valence-electron chi connectivity index (χ3n) is 2.71. The van der Waals surface area contributed by atoms with Crippen LogP contribution in [0.3, 0.4) is 0 Å². The molecular formula is C11H12ClN3. The molecule has 0 atom stereocenters. The van der Waals surface area contributed by atoms with Crippen LogP contribution in [0.1, 0.15) is 18.7 Å². The number of hydrogen-bond donors (Lipinski definition) is 1. The van der Waals surface area contributed by atoms with E-state index < -0.39 is 0 Å². The summed E-state index contributed by atoms with van der Waals surface area (Å²) in [7, 11) is 0. The van der Waals surface area contributed by atoms with Crippen LogP contribution < -0.4 is 5.32 Å². The molecule has 3 nitrogen and oxygen atoms in total. The molecule has 1 aliphatic carbocycles. The number of nitrogens with zero attached hydrogens (tertiary/aromatic N) is 2. The summed E-state index contributed by atoms with van der Waals surface area (Å²) in [6.45, 7) is 1.97. The van der Waals surface area contributed by atoms with E-state index >= 15 is 0 Å². The Hall–Kier alpha value is -1.22. The average Bonchev–Trinajstić information content (AvgIpc) is 2.96. The number of aromatic nitrogens is 2. The van der Waals surface area contributed by atoms with Gasteiger partial charge in [0, 0.05) is 6.04 Å². The summed E-state index contributed by atoms with van der Waals surface area (Å²) >= 11 is 6.04. The summed E-state index contributed by atoms with van der Waals surface area (Å²) in [5.41, 5.74) is 0.972. The molecule has 0 unspecified atom stereocenters. The van der Waals surface area contributed by atoms with E-state index in [-0.39, 0.29) is 0 Å². The summed E-state index contributed by atoms with van der Waals surface area (Å²) < 4.78 is 2.07. The van der Waals surface area contributed by atoms with Gasteiger partial charge in [-0.25, -0.2) is 4.98 Å². The molecule has 1 saturated carbocycles. The number of aryl methyl sites for hydroxylation is 1. The average molecular weight is 222 g/mol. The molecule has 1 aliphatic rings. The van der Waals surface area contributed by atoms with Gasteiger partial charge in [-0.2, -0.15) is 0 Å². The van der Waals surface area contributed by atoms with Gasteiger partial charge >= 0.3 is 0 Å². The van der Waals surface area contributed by atoms with Crippen LogP contribution >= 0.6 is 11.6 Å². The summed E-state index contributed by atoms with van der Waals surface area (Å²) in [4.78, 5) is 4.27. The van der Waals surface area contributed by atoms with E-state index in [9.17, 15) is 0 Å². The first-order valence-electron chi connectivity index (χ1n) is 5.16. The van der Waals surface area contributed by atoms with Crippen molar-refractivity contribution in [3.05, 3.63) is 29.2 Å². The second-order valence-corrected chi connectivity index (χ2v) is 4.36. The van der Waals surface area contributed by atoms with Gasteiger partial charge in [-0.15, -0.1) is 0 Å². The molecule has 0 bridgehead atoms. The van der Waals surface area contributed by atoms with Crippen molar-refractivity contribution in [2.24, 2.45) is 0 Å². The monoisotopic (exact) mass is 221 g/mol. The molecule has 2 heterocycles. The van der Waals surface area contributed by atoms with E-state index in [1.54, 1.807) is 0 Å². The van der Waals surface area contributed by atoms with Crippen LogP contribution in [0.4, 0.5) is 5.82 Å². The van der Waals surface area contributed by atoms with Crippen LogP contribution in [0.5, 0.6) is 0 Å². The molecule has 0 amide bonds. The highest BCUT2D eigenvalue weighted by molar-refractivity contribution is 6.32. The largest absolute Gasteiger partial charge is 0.368 e. The zero-order chi connectivity index (χ0) is 10.4. The predicted molar refractivity (Wildman–Crippen MR) is 61.6 cm³/mol. The third-order valence-corrected chi connectivity index (χ3v) is 2.99. The van der Waals surface area contributed by atoms with E-state index in [2.05, 4.69) is 20.8 Å². The van der Waals surface area contributed by atoms with E-state index in [1.165, 1.54) is 12.8 Å². The number of hydrogen-bond acceptors (Lipinski definition) is 2. The van der Waals surface area contributed by atoms with Gasteiger partial charge in [-0.05, 0) is 31.9 Å². The molecule has 0 aromatic carbocycles. The number of anilines is 1. The molecular weight excluding hydrogens is 210 g/mol. The standard InChI is InChI=1S/C11H12ClN3/c1-7-13-11(12)9-3-2-4-10(15(7)9)14-8-5-6-8/h2-4,8,14H,5-6H2,1H3. The molecule has 15 heavy (non-hydrogen) atoms. The minimum Gasteiger partial charge on any atom is -0.368 e. The maximum Gasteiger partial charge on any atom is 0.155 e. The highest BCUT2D eigenvalue weighted by Crippen LogP contribution is 2.27. The second kappa shape index (κ2) is 3.14. The Bertz CT molecular complexity index is 514. The molecule has 1 N–H and O–H groups in total. The highest BCUT2D eigenvalue weighted by Gasteiger charge is 2.22. The van der Waals surface area contributed by atoms with Crippen molar-refractivity contribution < 1.29 is 0 Å². The van der Waals surface area contributed by atoms with Crippen molar-refractivity contribution >= 4 is 22.9 Å². The summed E-state index contributed by atoms with van der Waals surface area (Å²) in [6, 6.07) is 6.69. The number of pyridine rings is 1. The Labute approximate surface area is 93.1 Å². The van der Waals surface area contributed by atoms with Gasteiger partial charge in [0.25, 0.3) is 0 Å². The summed E-state index contributed by atoms with van der Waals surface area (Å²) in [5.74, 6) is 2.02. The number of nitrogens with one attached hydrogen (secondary N) is 1. The van der Waals surface area contributed by atoms with Crippen LogP contribution in [0.15, 0.2) is 18.2 Å². The number of rotatable bonds is 2. The molecule has 0 saturated heterocycles. The van der Waals surface area contributed by atoms with Crippen molar-refractivity contribution in [3.8, 4) is 0 Å². The maximum absolute atomic E-state index is 6.04. The van der Waals surface area contributed by atoms with Crippen LogP contribution in [0, 0.1) is 6.92 Å². The van der Waals surface area contributed by atoms with Crippen molar-refractivity contribution in [1.82, 2.24) is 9.38 Å². The van der Waals surface area contributed by atoms with Crippen molar-refractivity contribution in [2.45, 2.75) is 25.8 Å². The molecule has 0 spiro atoms. The fourth-order valence-electron chi connectivity index (χ4n) is 1.82. The van der Waals surface area contributed by atoms with Crippen LogP contribution in [-0.4, -0.2) is 15.4 Å². The molecule has 1 fully saturated rings. The molecule has 2 aromatic rings. The van der Waals surface area contributed by atoms with Gasteiger partial charge in [0.05, 0.1) is 5.52 Å². The maximum atomic E-state index is 6.04. The molecule has 4 heteroatoms. The van der Waals surface area contributed by atoms with E-state index in [0.717, 1.165) is 17.2 Å². The molecule has 0 aliphatic heterocycles. The lowest BCUT2D eigenvalue weighted by molar-refractivity contribution is 1.01. The smallest absolute Gasteiger partial charge is 0.155 e. The first-order valence-corrected chi connectivity index (χ1v) is 5.53. The lowest BCUT2D eigenvalue weighted by Crippen LogP contribution is -2.06. The number of halogens is 1. The Balaban J connectivity index is 2.18. The SMILES string of the molecule is Cc1nc(Cl)c2cccc(NC3CC3)n12. The third kappa shape index (κ3) is 1.47. The molecule has 2 aromatic heterocycles. The normalized spacial score (nSPS) is 15.9. The van der Waals surface area contributed by atoms with Gasteiger partial charge in [0.2, 0.25) is 0 Å². The first kappa shape index (κ1) is 9.04. The number of fused-ring (bicyclic) bond motifs is 1.